The molecule has 0 unspecified atom stereocenters. The van der Waals surface area contributed by atoms with Crippen LogP contribution in [0.4, 0.5) is 0 Å². The summed E-state index contributed by atoms with van der Waals surface area (Å²) in [6.07, 6.45) is 3.51. The van der Waals surface area contributed by atoms with Crippen LogP contribution in [0, 0.1) is 6.92 Å². The van der Waals surface area contributed by atoms with Crippen molar-refractivity contribution in [3.8, 4) is 0 Å². The molecule has 0 aliphatic carbocycles. The van der Waals surface area contributed by atoms with Crippen LogP contribution in [0.25, 0.3) is 0 Å². The number of thiazole rings is 1. The molecule has 3 nitrogen and oxygen atoms in total. The zero-order valence-electron chi connectivity index (χ0n) is 10.6. The van der Waals surface area contributed by atoms with E-state index in [9.17, 15) is 0 Å². The Kier molecular flexibility index (Phi) is 4.71. The van der Waals surface area contributed by atoms with E-state index in [1.54, 1.807) is 17.6 Å². The molecule has 98 valence electrons. The maximum absolute atomic E-state index is 6.04. The lowest BCUT2D eigenvalue weighted by atomic mass is 10.2. The van der Waals surface area contributed by atoms with Gasteiger partial charge in [-0.15, -0.1) is 23.0 Å². The summed E-state index contributed by atoms with van der Waals surface area (Å²) in [5.41, 5.74) is 2.01. The van der Waals surface area contributed by atoms with Gasteiger partial charge in [0.1, 0.15) is 0 Å². The number of nitrogens with zero attached hydrogens (tertiary/aromatic N) is 3. The van der Waals surface area contributed by atoms with Gasteiger partial charge in [-0.2, -0.15) is 5.10 Å². The first kappa shape index (κ1) is 13.8. The molecule has 0 spiro atoms. The van der Waals surface area contributed by atoms with Crippen molar-refractivity contribution in [2.24, 2.45) is 10.2 Å². The van der Waals surface area contributed by atoms with Gasteiger partial charge < -0.3 is 4.57 Å². The standard InChI is InChI=1S/C14H14ClN3S/c1-3-8-18-11(2)10-19-14(18)17-16-9-12-6-4-5-7-13(12)15/h3-7,9-10H,1,8H2,2H3/b16-9+,17-14+. The predicted molar refractivity (Wildman–Crippen MR) is 81.9 cm³/mol. The van der Waals surface area contributed by atoms with Gasteiger partial charge in [0.15, 0.2) is 0 Å². The van der Waals surface area contributed by atoms with E-state index in [0.717, 1.165) is 22.6 Å². The summed E-state index contributed by atoms with van der Waals surface area (Å²) >= 11 is 7.60. The molecule has 0 saturated carbocycles. The Balaban J connectivity index is 2.28. The Morgan fingerprint density at radius 2 is 2.21 bits per heavy atom. The van der Waals surface area contributed by atoms with Gasteiger partial charge >= 0.3 is 0 Å². The highest BCUT2D eigenvalue weighted by Gasteiger charge is 1.98. The smallest absolute Gasteiger partial charge is 0.211 e. The molecule has 0 N–H and O–H groups in total. The van der Waals surface area contributed by atoms with E-state index in [0.29, 0.717) is 5.02 Å². The Morgan fingerprint density at radius 3 is 2.95 bits per heavy atom. The predicted octanol–water partition coefficient (Wildman–Crippen LogP) is 3.63. The van der Waals surface area contributed by atoms with Crippen LogP contribution in [0.2, 0.25) is 5.02 Å². The van der Waals surface area contributed by atoms with Crippen LogP contribution in [0.5, 0.6) is 0 Å². The number of halogens is 1. The summed E-state index contributed by atoms with van der Waals surface area (Å²) in [5, 5.41) is 11.0. The molecule has 0 fully saturated rings. The van der Waals surface area contributed by atoms with Crippen molar-refractivity contribution < 1.29 is 0 Å². The van der Waals surface area contributed by atoms with Crippen molar-refractivity contribution in [1.82, 2.24) is 4.57 Å². The van der Waals surface area contributed by atoms with Crippen LogP contribution in [-0.4, -0.2) is 10.8 Å². The molecule has 5 heteroatoms. The van der Waals surface area contributed by atoms with Crippen LogP contribution >= 0.6 is 22.9 Å². The van der Waals surface area contributed by atoms with Crippen molar-refractivity contribution in [3.63, 3.8) is 0 Å². The van der Waals surface area contributed by atoms with Crippen molar-refractivity contribution in [2.45, 2.75) is 13.5 Å². The minimum atomic E-state index is 0.669. The molecule has 19 heavy (non-hydrogen) atoms. The monoisotopic (exact) mass is 291 g/mol. The molecule has 1 aromatic heterocycles. The van der Waals surface area contributed by atoms with E-state index in [2.05, 4.69) is 21.3 Å². The fourth-order valence-electron chi connectivity index (χ4n) is 1.57. The van der Waals surface area contributed by atoms with Gasteiger partial charge in [-0.05, 0) is 13.0 Å². The molecule has 0 bridgehead atoms. The molecule has 0 aliphatic rings. The van der Waals surface area contributed by atoms with E-state index in [4.69, 9.17) is 11.6 Å². The van der Waals surface area contributed by atoms with Crippen molar-refractivity contribution >= 4 is 29.2 Å². The number of hydrogen-bond donors (Lipinski definition) is 0. The molecule has 2 aromatic rings. The van der Waals surface area contributed by atoms with Gasteiger partial charge in [0, 0.05) is 28.2 Å². The molecule has 0 radical (unpaired) electrons. The zero-order chi connectivity index (χ0) is 13.7. The minimum Gasteiger partial charge on any atom is -0.316 e. The Labute approximate surface area is 121 Å². The molecule has 0 amide bonds. The lowest BCUT2D eigenvalue weighted by Crippen LogP contribution is -2.14. The third kappa shape index (κ3) is 3.43. The highest BCUT2D eigenvalue weighted by molar-refractivity contribution is 7.07. The van der Waals surface area contributed by atoms with Gasteiger partial charge in [-0.3, -0.25) is 0 Å². The first-order valence-corrected chi connectivity index (χ1v) is 7.05. The topological polar surface area (TPSA) is 29.6 Å². The molecule has 1 aromatic carbocycles. The van der Waals surface area contributed by atoms with Crippen LogP contribution in [0.1, 0.15) is 11.3 Å². The molecule has 0 atom stereocenters. The van der Waals surface area contributed by atoms with Gasteiger partial charge in [-0.1, -0.05) is 35.9 Å². The van der Waals surface area contributed by atoms with Crippen molar-refractivity contribution in [1.29, 1.82) is 0 Å². The summed E-state index contributed by atoms with van der Waals surface area (Å²) in [4.78, 5) is 0.848. The fourth-order valence-corrected chi connectivity index (χ4v) is 2.59. The van der Waals surface area contributed by atoms with Gasteiger partial charge in [-0.25, -0.2) is 0 Å². The molecule has 0 aliphatic heterocycles. The van der Waals surface area contributed by atoms with E-state index in [1.807, 2.05) is 42.6 Å². The van der Waals surface area contributed by atoms with Crippen LogP contribution in [-0.2, 0) is 6.54 Å². The normalized spacial score (nSPS) is 12.2. The third-order valence-electron chi connectivity index (χ3n) is 2.55. The summed E-state index contributed by atoms with van der Waals surface area (Å²) in [7, 11) is 0. The van der Waals surface area contributed by atoms with Gasteiger partial charge in [0.25, 0.3) is 0 Å². The summed E-state index contributed by atoms with van der Waals surface area (Å²) in [6.45, 7) is 6.51. The molecular weight excluding hydrogens is 278 g/mol. The Morgan fingerprint density at radius 1 is 1.42 bits per heavy atom. The summed E-state index contributed by atoms with van der Waals surface area (Å²) in [5.74, 6) is 0. The lowest BCUT2D eigenvalue weighted by Gasteiger charge is -1.99. The first-order chi connectivity index (χ1) is 9.22. The molecular formula is C14H14ClN3S. The number of allylic oxidation sites excluding steroid dienone is 1. The Hall–Kier alpha value is -1.65. The number of hydrogen-bond acceptors (Lipinski definition) is 3. The largest absolute Gasteiger partial charge is 0.316 e. The second kappa shape index (κ2) is 6.50. The van der Waals surface area contributed by atoms with Crippen LogP contribution in [0.3, 0.4) is 0 Å². The minimum absolute atomic E-state index is 0.669. The van der Waals surface area contributed by atoms with Crippen LogP contribution < -0.4 is 4.80 Å². The molecule has 0 saturated heterocycles. The summed E-state index contributed by atoms with van der Waals surface area (Å²) < 4.78 is 2.06. The third-order valence-corrected chi connectivity index (χ3v) is 3.86. The number of aryl methyl sites for hydroxylation is 1. The van der Waals surface area contributed by atoms with E-state index < -0.39 is 0 Å². The molecule has 1 heterocycles. The van der Waals surface area contributed by atoms with E-state index >= 15 is 0 Å². The number of benzene rings is 1. The van der Waals surface area contributed by atoms with Crippen molar-refractivity contribution in [2.75, 3.05) is 0 Å². The zero-order valence-corrected chi connectivity index (χ0v) is 12.2. The van der Waals surface area contributed by atoms with Gasteiger partial charge in [0.05, 0.1) is 6.21 Å². The Bertz CT molecular complexity index is 667. The lowest BCUT2D eigenvalue weighted by molar-refractivity contribution is 0.752. The highest BCUT2D eigenvalue weighted by Crippen LogP contribution is 2.12. The number of aromatic nitrogens is 1. The number of rotatable bonds is 4. The quantitative estimate of drug-likeness (QED) is 0.468. The van der Waals surface area contributed by atoms with Gasteiger partial charge in [0.2, 0.25) is 4.80 Å². The highest BCUT2D eigenvalue weighted by atomic mass is 35.5. The average molecular weight is 292 g/mol. The van der Waals surface area contributed by atoms with E-state index in [-0.39, 0.29) is 0 Å². The maximum atomic E-state index is 6.04. The average Bonchev–Trinajstić information content (AvgIpc) is 2.74. The second-order valence-electron chi connectivity index (χ2n) is 3.93. The summed E-state index contributed by atoms with van der Waals surface area (Å²) in [6, 6.07) is 7.53. The van der Waals surface area contributed by atoms with E-state index in [1.165, 1.54) is 0 Å². The fraction of sp³-hybridized carbons (Fsp3) is 0.143. The SMILES string of the molecule is C=CCn1c(C)cs/c1=N/N=C/c1ccccc1Cl. The van der Waals surface area contributed by atoms with Crippen molar-refractivity contribution in [3.05, 3.63) is 63.4 Å². The first-order valence-electron chi connectivity index (χ1n) is 5.80. The maximum Gasteiger partial charge on any atom is 0.211 e. The second-order valence-corrected chi connectivity index (χ2v) is 5.17. The van der Waals surface area contributed by atoms with Crippen LogP contribution in [0.15, 0.2) is 52.5 Å². The molecule has 2 rings (SSSR count).